The zero-order valence-electron chi connectivity index (χ0n) is 8.32. The summed E-state index contributed by atoms with van der Waals surface area (Å²) in [5.74, 6) is 1.17. The molecule has 1 rings (SSSR count). The van der Waals surface area contributed by atoms with Gasteiger partial charge < -0.3 is 5.73 Å². The molecule has 4 heteroatoms. The van der Waals surface area contributed by atoms with E-state index in [2.05, 4.69) is 11.1 Å². The first-order valence-corrected chi connectivity index (χ1v) is 6.52. The molecule has 0 atom stereocenters. The lowest BCUT2D eigenvalue weighted by Gasteiger charge is -2.02. The first kappa shape index (κ1) is 11.8. The van der Waals surface area contributed by atoms with Gasteiger partial charge in [0, 0.05) is 16.3 Å². The average molecular weight is 228 g/mol. The maximum Gasteiger partial charge on any atom is 0.0314 e. The van der Waals surface area contributed by atoms with Crippen LogP contribution in [0, 0.1) is 0 Å². The van der Waals surface area contributed by atoms with Crippen LogP contribution in [0.3, 0.4) is 0 Å². The molecule has 0 amide bonds. The van der Waals surface area contributed by atoms with Gasteiger partial charge >= 0.3 is 0 Å². The number of nitrogen functional groups attached to an aromatic ring is 1. The van der Waals surface area contributed by atoms with Gasteiger partial charge in [-0.3, -0.25) is 0 Å². The number of rotatable bonds is 6. The van der Waals surface area contributed by atoms with E-state index < -0.39 is 0 Å². The maximum atomic E-state index is 5.59. The highest BCUT2D eigenvalue weighted by atomic mass is 32.2. The Bertz CT molecular complexity index is 249. The minimum absolute atomic E-state index is 0.813. The largest absolute Gasteiger partial charge is 0.399 e. The molecule has 0 bridgehead atoms. The molecule has 14 heavy (non-hydrogen) atoms. The third-order valence-electron chi connectivity index (χ3n) is 1.70. The van der Waals surface area contributed by atoms with E-state index in [0.29, 0.717) is 0 Å². The van der Waals surface area contributed by atoms with E-state index in [1.54, 1.807) is 23.9 Å². The smallest absolute Gasteiger partial charge is 0.0314 e. The van der Waals surface area contributed by atoms with Crippen molar-refractivity contribution in [3.8, 4) is 0 Å². The van der Waals surface area contributed by atoms with Crippen molar-refractivity contribution in [2.45, 2.75) is 24.7 Å². The van der Waals surface area contributed by atoms with E-state index >= 15 is 0 Å². The fraction of sp³-hybridized carbons (Fsp3) is 0.400. The molecule has 0 radical (unpaired) electrons. The molecule has 0 aromatic heterocycles. The predicted molar refractivity (Wildman–Crippen MR) is 67.2 cm³/mol. The Morgan fingerprint density at radius 2 is 2.00 bits per heavy atom. The number of anilines is 1. The summed E-state index contributed by atoms with van der Waals surface area (Å²) in [5, 5.41) is 0. The second-order valence-corrected chi connectivity index (χ2v) is 5.00. The first-order chi connectivity index (χ1) is 6.83. The van der Waals surface area contributed by atoms with Crippen molar-refractivity contribution in [3.05, 3.63) is 24.3 Å². The molecule has 1 aromatic rings. The van der Waals surface area contributed by atoms with Crippen molar-refractivity contribution in [1.82, 2.24) is 4.13 Å². The summed E-state index contributed by atoms with van der Waals surface area (Å²) < 4.78 is 3.25. The van der Waals surface area contributed by atoms with Crippen LogP contribution in [0.25, 0.3) is 0 Å². The number of hydrogen-bond donors (Lipinski definition) is 2. The van der Waals surface area contributed by atoms with E-state index in [4.69, 9.17) is 5.73 Å². The van der Waals surface area contributed by atoms with Gasteiger partial charge in [-0.2, -0.15) is 0 Å². The van der Waals surface area contributed by atoms with Crippen molar-refractivity contribution in [2.24, 2.45) is 0 Å². The Labute approximate surface area is 94.3 Å². The van der Waals surface area contributed by atoms with Gasteiger partial charge in [-0.15, -0.1) is 0 Å². The van der Waals surface area contributed by atoms with Gasteiger partial charge in [0.05, 0.1) is 0 Å². The topological polar surface area (TPSA) is 38.0 Å². The van der Waals surface area contributed by atoms with Gasteiger partial charge in [0.1, 0.15) is 0 Å². The molecule has 0 heterocycles. The molecule has 0 fully saturated rings. The minimum atomic E-state index is 0.813. The average Bonchev–Trinajstić information content (AvgIpc) is 2.21. The van der Waals surface area contributed by atoms with Crippen LogP contribution in [0.15, 0.2) is 29.2 Å². The van der Waals surface area contributed by atoms with Crippen LogP contribution in [0.5, 0.6) is 0 Å². The lowest BCUT2D eigenvalue weighted by Crippen LogP contribution is -1.92. The monoisotopic (exact) mass is 228 g/mol. The molecule has 0 saturated carbocycles. The normalized spacial score (nSPS) is 10.4. The molecule has 0 spiro atoms. The Balaban J connectivity index is 2.15. The van der Waals surface area contributed by atoms with Crippen molar-refractivity contribution in [3.63, 3.8) is 0 Å². The SMILES string of the molecule is CCCCSNSc1ccc(N)cc1. The number of benzene rings is 1. The third kappa shape index (κ3) is 4.79. The second-order valence-electron chi connectivity index (χ2n) is 2.96. The molecule has 1 aromatic carbocycles. The van der Waals surface area contributed by atoms with Crippen LogP contribution in [-0.4, -0.2) is 5.75 Å². The molecule has 0 aliphatic carbocycles. The molecule has 0 aliphatic heterocycles. The van der Waals surface area contributed by atoms with Crippen molar-refractivity contribution >= 4 is 29.6 Å². The number of nitrogens with one attached hydrogen (secondary N) is 1. The summed E-state index contributed by atoms with van der Waals surface area (Å²) in [4.78, 5) is 1.20. The molecule has 3 N–H and O–H groups in total. The Morgan fingerprint density at radius 1 is 1.29 bits per heavy atom. The van der Waals surface area contributed by atoms with E-state index in [9.17, 15) is 0 Å². The van der Waals surface area contributed by atoms with Gasteiger partial charge in [-0.05, 0) is 42.6 Å². The lowest BCUT2D eigenvalue weighted by molar-refractivity contribution is 0.896. The molecule has 2 nitrogen and oxygen atoms in total. The zero-order valence-corrected chi connectivity index (χ0v) is 9.96. The number of unbranched alkanes of at least 4 members (excludes halogenated alkanes) is 1. The number of hydrogen-bond acceptors (Lipinski definition) is 4. The predicted octanol–water partition coefficient (Wildman–Crippen LogP) is 3.31. The Kier molecular flexibility index (Phi) is 5.91. The van der Waals surface area contributed by atoms with Gasteiger partial charge in [0.25, 0.3) is 0 Å². The van der Waals surface area contributed by atoms with Crippen molar-refractivity contribution in [1.29, 1.82) is 0 Å². The highest BCUT2D eigenvalue weighted by Gasteiger charge is 1.93. The quantitative estimate of drug-likeness (QED) is 0.445. The lowest BCUT2D eigenvalue weighted by atomic mass is 10.3. The van der Waals surface area contributed by atoms with Crippen LogP contribution in [0.1, 0.15) is 19.8 Å². The second kappa shape index (κ2) is 7.04. The van der Waals surface area contributed by atoms with E-state index in [0.717, 1.165) is 5.69 Å². The Hall–Kier alpha value is -0.320. The standard InChI is InChI=1S/C10H16N2S2/c1-2-3-8-13-12-14-10-6-4-9(11)5-7-10/h4-7,12H,2-3,8,11H2,1H3. The molecular weight excluding hydrogens is 212 g/mol. The van der Waals surface area contributed by atoms with Crippen LogP contribution in [0.2, 0.25) is 0 Å². The molecule has 0 unspecified atom stereocenters. The van der Waals surface area contributed by atoms with Gasteiger partial charge in [-0.25, -0.2) is 4.13 Å². The first-order valence-electron chi connectivity index (χ1n) is 4.72. The summed E-state index contributed by atoms with van der Waals surface area (Å²) in [5.41, 5.74) is 6.40. The van der Waals surface area contributed by atoms with Crippen LogP contribution in [-0.2, 0) is 0 Å². The van der Waals surface area contributed by atoms with Crippen molar-refractivity contribution in [2.75, 3.05) is 11.5 Å². The third-order valence-corrected chi connectivity index (χ3v) is 3.50. The highest BCUT2D eigenvalue weighted by Crippen LogP contribution is 2.18. The van der Waals surface area contributed by atoms with Crippen LogP contribution >= 0.6 is 23.9 Å². The van der Waals surface area contributed by atoms with E-state index in [-0.39, 0.29) is 0 Å². The fourth-order valence-corrected chi connectivity index (χ4v) is 2.53. The van der Waals surface area contributed by atoms with Crippen LogP contribution in [0.4, 0.5) is 5.69 Å². The minimum Gasteiger partial charge on any atom is -0.399 e. The van der Waals surface area contributed by atoms with Crippen LogP contribution < -0.4 is 9.86 Å². The molecule has 0 aliphatic rings. The summed E-state index contributed by atoms with van der Waals surface area (Å²) in [6, 6.07) is 7.88. The van der Waals surface area contributed by atoms with Gasteiger partial charge in [-0.1, -0.05) is 25.3 Å². The maximum absolute atomic E-state index is 5.59. The molecule has 0 saturated heterocycles. The summed E-state index contributed by atoms with van der Waals surface area (Å²) >= 11 is 3.40. The fourth-order valence-electron chi connectivity index (χ4n) is 0.872. The molecular formula is C10H16N2S2. The van der Waals surface area contributed by atoms with Crippen molar-refractivity contribution < 1.29 is 0 Å². The summed E-state index contributed by atoms with van der Waals surface area (Å²) in [6.07, 6.45) is 2.52. The Morgan fingerprint density at radius 3 is 2.64 bits per heavy atom. The summed E-state index contributed by atoms with van der Waals surface area (Å²) in [7, 11) is 0. The van der Waals surface area contributed by atoms with Gasteiger partial charge in [0.2, 0.25) is 0 Å². The molecule has 78 valence electrons. The summed E-state index contributed by atoms with van der Waals surface area (Å²) in [6.45, 7) is 2.20. The number of nitrogens with two attached hydrogens (primary N) is 1. The van der Waals surface area contributed by atoms with E-state index in [1.165, 1.54) is 23.5 Å². The van der Waals surface area contributed by atoms with Gasteiger partial charge in [0.15, 0.2) is 0 Å². The highest BCUT2D eigenvalue weighted by molar-refractivity contribution is 8.12. The van der Waals surface area contributed by atoms with E-state index in [1.807, 2.05) is 24.3 Å². The zero-order chi connectivity index (χ0) is 10.2.